The van der Waals surface area contributed by atoms with Gasteiger partial charge in [0.2, 0.25) is 0 Å². The van der Waals surface area contributed by atoms with E-state index >= 15 is 0 Å². The lowest BCUT2D eigenvalue weighted by molar-refractivity contribution is 0.527. The van der Waals surface area contributed by atoms with Crippen molar-refractivity contribution >= 4 is 15.9 Å². The van der Waals surface area contributed by atoms with Crippen LogP contribution in [0, 0.1) is 6.92 Å². The van der Waals surface area contributed by atoms with Crippen LogP contribution >= 0.6 is 15.9 Å². The maximum Gasteiger partial charge on any atom is 0.0357 e. The van der Waals surface area contributed by atoms with Gasteiger partial charge in [-0.05, 0) is 56.5 Å². The van der Waals surface area contributed by atoms with Gasteiger partial charge in [0.05, 0.1) is 0 Å². The number of rotatable bonds is 6. The molecule has 1 atom stereocenters. The number of halogens is 1. The summed E-state index contributed by atoms with van der Waals surface area (Å²) in [4.78, 5) is 0. The predicted molar refractivity (Wildman–Crippen MR) is 79.3 cm³/mol. The van der Waals surface area contributed by atoms with Gasteiger partial charge in [-0.25, -0.2) is 0 Å². The zero-order chi connectivity index (χ0) is 12.8. The van der Waals surface area contributed by atoms with Crippen LogP contribution in [0.4, 0.5) is 0 Å². The van der Waals surface area contributed by atoms with Gasteiger partial charge < -0.3 is 5.32 Å². The Morgan fingerprint density at radius 2 is 2.12 bits per heavy atom. The Bertz CT molecular complexity index is 364. The standard InChI is InChI=1S/C15H22BrN/c1-5-6-17-15(7-11(2)3)13-8-12(4)9-14(16)10-13/h8-10,15,17H,2,5-7H2,1,3-4H3. The van der Waals surface area contributed by atoms with Crippen LogP contribution in [0.3, 0.4) is 0 Å². The van der Waals surface area contributed by atoms with Gasteiger partial charge in [-0.1, -0.05) is 34.5 Å². The Morgan fingerprint density at radius 1 is 1.41 bits per heavy atom. The van der Waals surface area contributed by atoms with E-state index in [1.807, 2.05) is 0 Å². The highest BCUT2D eigenvalue weighted by Crippen LogP contribution is 2.25. The summed E-state index contributed by atoms with van der Waals surface area (Å²) < 4.78 is 1.15. The topological polar surface area (TPSA) is 12.0 Å². The van der Waals surface area contributed by atoms with E-state index in [0.717, 1.165) is 23.9 Å². The van der Waals surface area contributed by atoms with E-state index in [4.69, 9.17) is 0 Å². The number of benzene rings is 1. The number of hydrogen-bond acceptors (Lipinski definition) is 1. The first-order valence-corrected chi connectivity index (χ1v) is 6.97. The van der Waals surface area contributed by atoms with Gasteiger partial charge >= 0.3 is 0 Å². The average Bonchev–Trinajstić information content (AvgIpc) is 2.22. The normalized spacial score (nSPS) is 12.5. The number of aryl methyl sites for hydroxylation is 1. The van der Waals surface area contributed by atoms with Crippen molar-refractivity contribution in [2.24, 2.45) is 0 Å². The van der Waals surface area contributed by atoms with Gasteiger partial charge in [-0.15, -0.1) is 6.58 Å². The number of nitrogens with one attached hydrogen (secondary N) is 1. The Labute approximate surface area is 113 Å². The first-order valence-electron chi connectivity index (χ1n) is 6.17. The van der Waals surface area contributed by atoms with Crippen molar-refractivity contribution in [3.8, 4) is 0 Å². The molecule has 1 aromatic carbocycles. The Morgan fingerprint density at radius 3 is 2.65 bits per heavy atom. The second-order valence-corrected chi connectivity index (χ2v) is 5.65. The number of hydrogen-bond donors (Lipinski definition) is 1. The highest BCUT2D eigenvalue weighted by molar-refractivity contribution is 9.10. The minimum Gasteiger partial charge on any atom is -0.310 e. The second kappa shape index (κ2) is 6.97. The molecule has 0 fully saturated rings. The van der Waals surface area contributed by atoms with Gasteiger partial charge in [0.15, 0.2) is 0 Å². The molecule has 0 saturated carbocycles. The average molecular weight is 296 g/mol. The van der Waals surface area contributed by atoms with Gasteiger partial charge in [-0.3, -0.25) is 0 Å². The maximum atomic E-state index is 4.02. The first-order chi connectivity index (χ1) is 8.02. The monoisotopic (exact) mass is 295 g/mol. The van der Waals surface area contributed by atoms with Crippen molar-refractivity contribution in [1.29, 1.82) is 0 Å². The SMILES string of the molecule is C=C(C)CC(NCCC)c1cc(C)cc(Br)c1. The van der Waals surface area contributed by atoms with Crippen molar-refractivity contribution in [1.82, 2.24) is 5.32 Å². The fourth-order valence-electron chi connectivity index (χ4n) is 1.94. The molecule has 94 valence electrons. The smallest absolute Gasteiger partial charge is 0.0357 e. The van der Waals surface area contributed by atoms with Gasteiger partial charge in [0, 0.05) is 10.5 Å². The fourth-order valence-corrected chi connectivity index (χ4v) is 2.57. The molecule has 0 aromatic heterocycles. The van der Waals surface area contributed by atoms with Crippen LogP contribution < -0.4 is 5.32 Å². The third-order valence-corrected chi connectivity index (χ3v) is 3.12. The Hall–Kier alpha value is -0.600. The van der Waals surface area contributed by atoms with E-state index in [1.165, 1.54) is 16.7 Å². The molecule has 0 aliphatic heterocycles. The van der Waals surface area contributed by atoms with Crippen molar-refractivity contribution in [2.45, 2.75) is 39.7 Å². The van der Waals surface area contributed by atoms with Gasteiger partial charge in [0.1, 0.15) is 0 Å². The van der Waals surface area contributed by atoms with Crippen LogP contribution in [0.15, 0.2) is 34.8 Å². The van der Waals surface area contributed by atoms with Crippen LogP contribution in [0.25, 0.3) is 0 Å². The van der Waals surface area contributed by atoms with Crippen LogP contribution in [-0.4, -0.2) is 6.54 Å². The summed E-state index contributed by atoms with van der Waals surface area (Å²) in [6, 6.07) is 6.97. The lowest BCUT2D eigenvalue weighted by atomic mass is 9.98. The molecule has 1 N–H and O–H groups in total. The van der Waals surface area contributed by atoms with E-state index in [9.17, 15) is 0 Å². The van der Waals surface area contributed by atoms with Crippen molar-refractivity contribution < 1.29 is 0 Å². The highest BCUT2D eigenvalue weighted by Gasteiger charge is 2.11. The van der Waals surface area contributed by atoms with Crippen LogP contribution in [0.2, 0.25) is 0 Å². The summed E-state index contributed by atoms with van der Waals surface area (Å²) in [5, 5.41) is 3.59. The molecule has 1 rings (SSSR count). The molecule has 1 unspecified atom stereocenters. The van der Waals surface area contributed by atoms with E-state index in [0.29, 0.717) is 6.04 Å². The Kier molecular flexibility index (Phi) is 5.93. The largest absolute Gasteiger partial charge is 0.310 e. The highest BCUT2D eigenvalue weighted by atomic mass is 79.9. The molecule has 0 saturated heterocycles. The molecule has 2 heteroatoms. The minimum absolute atomic E-state index is 0.378. The Balaban J connectivity index is 2.90. The molecule has 0 spiro atoms. The van der Waals surface area contributed by atoms with E-state index in [2.05, 4.69) is 66.8 Å². The zero-order valence-electron chi connectivity index (χ0n) is 11.0. The van der Waals surface area contributed by atoms with Crippen LogP contribution in [0.5, 0.6) is 0 Å². The molecule has 0 heterocycles. The minimum atomic E-state index is 0.378. The van der Waals surface area contributed by atoms with Crippen molar-refractivity contribution in [2.75, 3.05) is 6.54 Å². The zero-order valence-corrected chi connectivity index (χ0v) is 12.6. The van der Waals surface area contributed by atoms with E-state index in [1.54, 1.807) is 0 Å². The quantitative estimate of drug-likeness (QED) is 0.746. The molecule has 1 aromatic rings. The van der Waals surface area contributed by atoms with E-state index in [-0.39, 0.29) is 0 Å². The summed E-state index contributed by atoms with van der Waals surface area (Å²) in [5.41, 5.74) is 3.85. The molecular weight excluding hydrogens is 274 g/mol. The first kappa shape index (κ1) is 14.5. The van der Waals surface area contributed by atoms with Gasteiger partial charge in [-0.2, -0.15) is 0 Å². The summed E-state index contributed by atoms with van der Waals surface area (Å²) in [6.07, 6.45) is 2.15. The predicted octanol–water partition coefficient (Wildman–Crippen LogP) is 4.76. The molecule has 0 aliphatic rings. The lowest BCUT2D eigenvalue weighted by Gasteiger charge is -2.20. The maximum absolute atomic E-state index is 4.02. The third kappa shape index (κ3) is 5.05. The molecule has 0 bridgehead atoms. The molecule has 0 radical (unpaired) electrons. The summed E-state index contributed by atoms with van der Waals surface area (Å²) in [5.74, 6) is 0. The van der Waals surface area contributed by atoms with Crippen molar-refractivity contribution in [3.05, 3.63) is 46.0 Å². The lowest BCUT2D eigenvalue weighted by Crippen LogP contribution is -2.22. The van der Waals surface area contributed by atoms with Gasteiger partial charge in [0.25, 0.3) is 0 Å². The fraction of sp³-hybridized carbons (Fsp3) is 0.467. The second-order valence-electron chi connectivity index (χ2n) is 4.73. The third-order valence-electron chi connectivity index (χ3n) is 2.66. The van der Waals surface area contributed by atoms with E-state index < -0.39 is 0 Å². The van der Waals surface area contributed by atoms with Crippen molar-refractivity contribution in [3.63, 3.8) is 0 Å². The van der Waals surface area contributed by atoms with Crippen LogP contribution in [-0.2, 0) is 0 Å². The molecule has 0 amide bonds. The summed E-state index contributed by atoms with van der Waals surface area (Å²) in [7, 11) is 0. The van der Waals surface area contributed by atoms with Crippen LogP contribution in [0.1, 0.15) is 43.9 Å². The molecular formula is C15H22BrN. The molecule has 0 aliphatic carbocycles. The summed E-state index contributed by atoms with van der Waals surface area (Å²) in [6.45, 7) is 11.5. The summed E-state index contributed by atoms with van der Waals surface area (Å²) >= 11 is 3.57. The molecule has 17 heavy (non-hydrogen) atoms. The molecule has 1 nitrogen and oxygen atoms in total.